The summed E-state index contributed by atoms with van der Waals surface area (Å²) in [5.41, 5.74) is 1.17. The van der Waals surface area contributed by atoms with Crippen LogP contribution in [0.3, 0.4) is 0 Å². The molecule has 0 N–H and O–H groups in total. The molecule has 1 aliphatic heterocycles. The molecule has 0 amide bonds. The predicted octanol–water partition coefficient (Wildman–Crippen LogP) is 4.28. The molecular formula is C16H27BO2Si. The molecule has 0 bridgehead atoms. The van der Waals surface area contributed by atoms with E-state index < -0.39 is 8.07 Å². The van der Waals surface area contributed by atoms with Crippen LogP contribution >= 0.6 is 0 Å². The summed E-state index contributed by atoms with van der Waals surface area (Å²) in [5.74, 6) is 0. The molecule has 2 rings (SSSR count). The Hall–Kier alpha value is -0.578. The quantitative estimate of drug-likeness (QED) is 0.774. The monoisotopic (exact) mass is 290 g/mol. The van der Waals surface area contributed by atoms with Gasteiger partial charge in [-0.3, -0.25) is 0 Å². The molecule has 1 unspecified atom stereocenters. The molecule has 1 aromatic carbocycles. The SMILES string of the molecule is CC1(C)OB(C(c2ccccc2)[Si](C)(C)C)OC1(C)C. The van der Waals surface area contributed by atoms with Gasteiger partial charge in [-0.25, -0.2) is 0 Å². The molecule has 1 fully saturated rings. The van der Waals surface area contributed by atoms with Gasteiger partial charge in [0.25, 0.3) is 0 Å². The lowest BCUT2D eigenvalue weighted by Gasteiger charge is -2.32. The van der Waals surface area contributed by atoms with Crippen molar-refractivity contribution < 1.29 is 9.31 Å². The van der Waals surface area contributed by atoms with Crippen LogP contribution in [-0.2, 0) is 9.31 Å². The van der Waals surface area contributed by atoms with E-state index in [1.54, 1.807) is 0 Å². The largest absolute Gasteiger partial charge is 0.462 e. The van der Waals surface area contributed by atoms with Crippen LogP contribution in [0.15, 0.2) is 30.3 Å². The fourth-order valence-corrected chi connectivity index (χ4v) is 4.90. The smallest absolute Gasteiger partial charge is 0.403 e. The van der Waals surface area contributed by atoms with Crippen molar-refractivity contribution in [1.82, 2.24) is 0 Å². The van der Waals surface area contributed by atoms with Gasteiger partial charge >= 0.3 is 7.12 Å². The van der Waals surface area contributed by atoms with E-state index in [4.69, 9.17) is 9.31 Å². The zero-order chi connectivity index (χ0) is 15.2. The minimum atomic E-state index is -1.47. The molecule has 1 atom stereocenters. The van der Waals surface area contributed by atoms with Crippen LogP contribution in [0, 0.1) is 0 Å². The van der Waals surface area contributed by atoms with Gasteiger partial charge in [-0.1, -0.05) is 50.0 Å². The third kappa shape index (κ3) is 2.88. The minimum absolute atomic E-state index is 0.144. The van der Waals surface area contributed by atoms with Gasteiger partial charge in [-0.2, -0.15) is 0 Å². The Bertz CT molecular complexity index is 449. The lowest BCUT2D eigenvalue weighted by atomic mass is 9.79. The van der Waals surface area contributed by atoms with E-state index in [9.17, 15) is 0 Å². The highest BCUT2D eigenvalue weighted by Gasteiger charge is 2.56. The Labute approximate surface area is 125 Å². The summed E-state index contributed by atoms with van der Waals surface area (Å²) in [7, 11) is -1.61. The second-order valence-corrected chi connectivity index (χ2v) is 13.2. The Balaban J connectivity index is 2.36. The standard InChI is InChI=1S/C16H27BO2Si/c1-15(2)16(3,4)19-17(18-15)14(20(5,6)7)13-11-9-8-10-12-13/h8-12,14H,1-7H3. The Morgan fingerprint density at radius 1 is 0.900 bits per heavy atom. The van der Waals surface area contributed by atoms with Crippen LogP contribution in [-0.4, -0.2) is 26.4 Å². The highest BCUT2D eigenvalue weighted by molar-refractivity contribution is 6.86. The first kappa shape index (κ1) is 15.8. The Morgan fingerprint density at radius 2 is 1.35 bits per heavy atom. The molecule has 0 saturated carbocycles. The van der Waals surface area contributed by atoms with E-state index in [2.05, 4.69) is 77.7 Å². The van der Waals surface area contributed by atoms with E-state index in [-0.39, 0.29) is 18.3 Å². The van der Waals surface area contributed by atoms with Gasteiger partial charge in [-0.05, 0) is 33.3 Å². The van der Waals surface area contributed by atoms with Crippen LogP contribution in [0.2, 0.25) is 19.6 Å². The summed E-state index contributed by atoms with van der Waals surface area (Å²) in [6, 6.07) is 10.7. The normalized spacial score (nSPS) is 22.9. The zero-order valence-corrected chi connectivity index (χ0v) is 14.9. The minimum Gasteiger partial charge on any atom is -0.403 e. The number of rotatable bonds is 3. The van der Waals surface area contributed by atoms with Crippen LogP contribution in [0.25, 0.3) is 0 Å². The summed E-state index contributed by atoms with van der Waals surface area (Å²) in [5, 5.41) is 0. The van der Waals surface area contributed by atoms with Crippen molar-refractivity contribution >= 4 is 15.2 Å². The van der Waals surface area contributed by atoms with E-state index in [1.165, 1.54) is 5.56 Å². The summed E-state index contributed by atoms with van der Waals surface area (Å²) >= 11 is 0. The molecule has 4 heteroatoms. The molecule has 0 aromatic heterocycles. The molecule has 1 aromatic rings. The molecule has 1 heterocycles. The molecule has 110 valence electrons. The van der Waals surface area contributed by atoms with Crippen LogP contribution < -0.4 is 0 Å². The van der Waals surface area contributed by atoms with Crippen molar-refractivity contribution in [2.75, 3.05) is 0 Å². The second kappa shape index (κ2) is 5.01. The Kier molecular flexibility index (Phi) is 3.96. The van der Waals surface area contributed by atoms with E-state index in [1.807, 2.05) is 0 Å². The van der Waals surface area contributed by atoms with Crippen molar-refractivity contribution in [2.24, 2.45) is 0 Å². The van der Waals surface area contributed by atoms with Crippen molar-refractivity contribution in [3.63, 3.8) is 0 Å². The summed E-state index contributed by atoms with van der Waals surface area (Å²) in [4.78, 5) is 0. The Morgan fingerprint density at radius 3 is 1.75 bits per heavy atom. The fourth-order valence-electron chi connectivity index (χ4n) is 2.75. The first-order chi connectivity index (χ1) is 9.05. The predicted molar refractivity (Wildman–Crippen MR) is 88.6 cm³/mol. The van der Waals surface area contributed by atoms with Gasteiger partial charge < -0.3 is 9.31 Å². The first-order valence-corrected chi connectivity index (χ1v) is 11.0. The van der Waals surface area contributed by atoms with Crippen LogP contribution in [0.4, 0.5) is 0 Å². The number of hydrogen-bond acceptors (Lipinski definition) is 2. The summed E-state index contributed by atoms with van der Waals surface area (Å²) in [6.07, 6.45) is 0. The summed E-state index contributed by atoms with van der Waals surface area (Å²) in [6.45, 7) is 15.7. The third-order valence-electron chi connectivity index (χ3n) is 4.64. The highest BCUT2D eigenvalue weighted by Crippen LogP contribution is 2.43. The van der Waals surface area contributed by atoms with E-state index >= 15 is 0 Å². The van der Waals surface area contributed by atoms with Crippen LogP contribution in [0.1, 0.15) is 38.7 Å². The zero-order valence-electron chi connectivity index (χ0n) is 13.9. The average Bonchev–Trinajstić information content (AvgIpc) is 2.47. The number of benzene rings is 1. The van der Waals surface area contributed by atoms with Crippen LogP contribution in [0.5, 0.6) is 0 Å². The molecule has 0 radical (unpaired) electrons. The maximum atomic E-state index is 6.32. The maximum Gasteiger partial charge on any atom is 0.462 e. The van der Waals surface area contributed by atoms with Crippen molar-refractivity contribution in [3.05, 3.63) is 35.9 Å². The van der Waals surface area contributed by atoms with Gasteiger partial charge in [0.15, 0.2) is 0 Å². The molecule has 2 nitrogen and oxygen atoms in total. The molecular weight excluding hydrogens is 263 g/mol. The molecule has 1 saturated heterocycles. The third-order valence-corrected chi connectivity index (χ3v) is 7.11. The maximum absolute atomic E-state index is 6.32. The van der Waals surface area contributed by atoms with Gasteiger partial charge in [-0.15, -0.1) is 0 Å². The molecule has 20 heavy (non-hydrogen) atoms. The second-order valence-electron chi connectivity index (χ2n) is 7.88. The molecule has 0 spiro atoms. The lowest BCUT2D eigenvalue weighted by Crippen LogP contribution is -2.43. The molecule has 0 aliphatic carbocycles. The topological polar surface area (TPSA) is 18.5 Å². The average molecular weight is 290 g/mol. The van der Waals surface area contributed by atoms with E-state index in [0.29, 0.717) is 5.44 Å². The highest BCUT2D eigenvalue weighted by atomic mass is 28.3. The van der Waals surface area contributed by atoms with Crippen molar-refractivity contribution in [2.45, 2.75) is 64.0 Å². The summed E-state index contributed by atoms with van der Waals surface area (Å²) < 4.78 is 12.6. The fraction of sp³-hybridized carbons (Fsp3) is 0.625. The first-order valence-electron chi connectivity index (χ1n) is 7.45. The van der Waals surface area contributed by atoms with Gasteiger partial charge in [0, 0.05) is 5.44 Å². The molecule has 1 aliphatic rings. The lowest BCUT2D eigenvalue weighted by molar-refractivity contribution is 0.00578. The van der Waals surface area contributed by atoms with E-state index in [0.717, 1.165) is 0 Å². The van der Waals surface area contributed by atoms with Crippen molar-refractivity contribution in [1.29, 1.82) is 0 Å². The van der Waals surface area contributed by atoms with Gasteiger partial charge in [0.05, 0.1) is 19.3 Å². The van der Waals surface area contributed by atoms with Gasteiger partial charge in [0.2, 0.25) is 0 Å². The number of hydrogen-bond donors (Lipinski definition) is 0. The van der Waals surface area contributed by atoms with Crippen molar-refractivity contribution in [3.8, 4) is 0 Å². The van der Waals surface area contributed by atoms with Gasteiger partial charge in [0.1, 0.15) is 0 Å².